The predicted molar refractivity (Wildman–Crippen MR) is 209 cm³/mol. The second-order valence-corrected chi connectivity index (χ2v) is 12.5. The van der Waals surface area contributed by atoms with Gasteiger partial charge >= 0.3 is 12.1 Å². The SMILES string of the molecule is CCCCNc1ccc(C(=O)OCCOCCOCCOCCOCCOCCOCCOCCNC(=O)OCC2c3ccccc3-c3ccccc32)cc1. The molecule has 1 aliphatic rings. The largest absolute Gasteiger partial charge is 0.460 e. The predicted octanol–water partition coefficient (Wildman–Crippen LogP) is 5.71. The molecule has 0 fully saturated rings. The van der Waals surface area contributed by atoms with E-state index in [9.17, 15) is 9.59 Å². The van der Waals surface area contributed by atoms with Crippen LogP contribution in [0.3, 0.4) is 0 Å². The van der Waals surface area contributed by atoms with Gasteiger partial charge in [0.15, 0.2) is 0 Å². The van der Waals surface area contributed by atoms with Crippen molar-refractivity contribution in [3.05, 3.63) is 89.5 Å². The Labute approximate surface area is 325 Å². The van der Waals surface area contributed by atoms with Crippen LogP contribution in [0.4, 0.5) is 10.5 Å². The Hall–Kier alpha value is -4.08. The van der Waals surface area contributed by atoms with Crippen LogP contribution in [0.5, 0.6) is 0 Å². The second kappa shape index (κ2) is 27.5. The molecule has 0 spiro atoms. The molecule has 0 aliphatic heterocycles. The standard InChI is InChI=1S/C42H58N2O11/c1-2-3-16-43-35-14-12-34(13-15-35)41(45)54-32-31-53-30-29-52-28-27-51-26-25-50-24-23-49-22-21-48-20-19-47-18-17-44-42(46)55-33-40-38-10-6-4-8-36(38)37-9-5-7-11-39(37)40/h4-15,40,43H,2-3,16-33H2,1H3,(H,44,46). The quantitative estimate of drug-likeness (QED) is 0.0612. The zero-order valence-corrected chi connectivity index (χ0v) is 32.1. The first-order valence-electron chi connectivity index (χ1n) is 19.3. The average Bonchev–Trinajstić information content (AvgIpc) is 3.53. The lowest BCUT2D eigenvalue weighted by Gasteiger charge is -2.14. The van der Waals surface area contributed by atoms with E-state index in [-0.39, 0.29) is 25.1 Å². The number of unbranched alkanes of at least 4 members (excludes halogenated alkanes) is 1. The molecule has 3 aromatic carbocycles. The van der Waals surface area contributed by atoms with Gasteiger partial charge in [0.25, 0.3) is 0 Å². The van der Waals surface area contributed by atoms with Crippen molar-refractivity contribution in [3.63, 3.8) is 0 Å². The number of rotatable bonds is 31. The molecule has 0 unspecified atom stereocenters. The Bertz CT molecular complexity index is 1440. The van der Waals surface area contributed by atoms with Crippen molar-refractivity contribution in [1.82, 2.24) is 5.32 Å². The van der Waals surface area contributed by atoms with E-state index in [1.54, 1.807) is 12.1 Å². The van der Waals surface area contributed by atoms with E-state index in [0.717, 1.165) is 25.1 Å². The van der Waals surface area contributed by atoms with Gasteiger partial charge in [-0.25, -0.2) is 9.59 Å². The molecule has 4 rings (SSSR count). The van der Waals surface area contributed by atoms with Crippen LogP contribution < -0.4 is 10.6 Å². The summed E-state index contributed by atoms with van der Waals surface area (Å²) in [5.74, 6) is -0.333. The molecule has 0 bridgehead atoms. The van der Waals surface area contributed by atoms with Crippen molar-refractivity contribution in [1.29, 1.82) is 0 Å². The lowest BCUT2D eigenvalue weighted by molar-refractivity contribution is -0.0221. The Morgan fingerprint density at radius 2 is 0.982 bits per heavy atom. The number of benzene rings is 3. The fourth-order valence-corrected chi connectivity index (χ4v) is 5.71. The minimum absolute atomic E-state index is 0.0331. The van der Waals surface area contributed by atoms with Crippen LogP contribution in [-0.2, 0) is 42.6 Å². The van der Waals surface area contributed by atoms with Crippen LogP contribution in [-0.4, -0.2) is 131 Å². The molecule has 13 heteroatoms. The van der Waals surface area contributed by atoms with Crippen LogP contribution in [0.25, 0.3) is 11.1 Å². The zero-order valence-electron chi connectivity index (χ0n) is 32.1. The summed E-state index contributed by atoms with van der Waals surface area (Å²) < 4.78 is 49.3. The molecule has 13 nitrogen and oxygen atoms in total. The van der Waals surface area contributed by atoms with Crippen LogP contribution in [0.2, 0.25) is 0 Å². The lowest BCUT2D eigenvalue weighted by atomic mass is 9.98. The molecule has 2 N–H and O–H groups in total. The molecule has 0 saturated heterocycles. The number of alkyl carbamates (subject to hydrolysis) is 1. The monoisotopic (exact) mass is 766 g/mol. The first-order valence-corrected chi connectivity index (χ1v) is 19.3. The number of ether oxygens (including phenoxy) is 9. The molecule has 0 heterocycles. The van der Waals surface area contributed by atoms with Gasteiger partial charge in [0, 0.05) is 24.7 Å². The second-order valence-electron chi connectivity index (χ2n) is 12.5. The van der Waals surface area contributed by atoms with E-state index in [4.69, 9.17) is 42.6 Å². The van der Waals surface area contributed by atoms with Gasteiger partial charge in [-0.2, -0.15) is 0 Å². The molecule has 0 radical (unpaired) electrons. The van der Waals surface area contributed by atoms with E-state index in [0.29, 0.717) is 105 Å². The summed E-state index contributed by atoms with van der Waals surface area (Å²) in [4.78, 5) is 24.4. The first-order chi connectivity index (χ1) is 27.2. The molecular weight excluding hydrogens is 708 g/mol. The maximum atomic E-state index is 12.2. The Balaban J connectivity index is 0.824. The van der Waals surface area contributed by atoms with Gasteiger partial charge in [0.2, 0.25) is 0 Å². The maximum absolute atomic E-state index is 12.2. The van der Waals surface area contributed by atoms with E-state index in [1.807, 2.05) is 36.4 Å². The first kappa shape index (κ1) is 43.6. The highest BCUT2D eigenvalue weighted by Gasteiger charge is 2.29. The van der Waals surface area contributed by atoms with Gasteiger partial charge in [-0.15, -0.1) is 0 Å². The highest BCUT2D eigenvalue weighted by Crippen LogP contribution is 2.44. The van der Waals surface area contributed by atoms with E-state index in [2.05, 4.69) is 41.8 Å². The summed E-state index contributed by atoms with van der Waals surface area (Å²) in [5.41, 5.74) is 6.27. The Morgan fingerprint density at radius 3 is 1.47 bits per heavy atom. The van der Waals surface area contributed by atoms with Gasteiger partial charge in [0.1, 0.15) is 13.2 Å². The number of nitrogens with one attached hydrogen (secondary N) is 2. The van der Waals surface area contributed by atoms with Gasteiger partial charge in [-0.1, -0.05) is 61.9 Å². The molecule has 1 aliphatic carbocycles. The lowest BCUT2D eigenvalue weighted by Crippen LogP contribution is -2.29. The molecule has 0 atom stereocenters. The highest BCUT2D eigenvalue weighted by molar-refractivity contribution is 5.89. The van der Waals surface area contributed by atoms with Gasteiger partial charge < -0.3 is 53.3 Å². The van der Waals surface area contributed by atoms with Gasteiger partial charge in [-0.3, -0.25) is 0 Å². The summed E-state index contributed by atoms with van der Waals surface area (Å²) >= 11 is 0. The Kier molecular flexibility index (Phi) is 21.8. The number of fused-ring (bicyclic) bond motifs is 3. The molecule has 3 aromatic rings. The van der Waals surface area contributed by atoms with E-state index >= 15 is 0 Å². The summed E-state index contributed by atoms with van der Waals surface area (Å²) in [7, 11) is 0. The number of hydrogen-bond acceptors (Lipinski definition) is 12. The van der Waals surface area contributed by atoms with Crippen molar-refractivity contribution in [3.8, 4) is 11.1 Å². The van der Waals surface area contributed by atoms with Crippen LogP contribution >= 0.6 is 0 Å². The fraction of sp³-hybridized carbons (Fsp3) is 0.524. The van der Waals surface area contributed by atoms with Crippen LogP contribution in [0, 0.1) is 0 Å². The molecule has 1 amide bonds. The third-order valence-electron chi connectivity index (χ3n) is 8.53. The molecular formula is C42H58N2O11. The summed E-state index contributed by atoms with van der Waals surface area (Å²) in [6.07, 6.45) is 1.78. The number of esters is 1. The smallest absolute Gasteiger partial charge is 0.407 e. The summed E-state index contributed by atoms with van der Waals surface area (Å²) in [5, 5.41) is 6.06. The number of carbonyl (C=O) groups is 2. The minimum Gasteiger partial charge on any atom is -0.460 e. The molecule has 0 aromatic heterocycles. The zero-order chi connectivity index (χ0) is 38.6. The average molecular weight is 767 g/mol. The number of carbonyl (C=O) groups excluding carboxylic acids is 2. The van der Waals surface area contributed by atoms with Gasteiger partial charge in [0.05, 0.1) is 98.1 Å². The fourth-order valence-electron chi connectivity index (χ4n) is 5.71. The number of amides is 1. The van der Waals surface area contributed by atoms with Crippen LogP contribution in [0.15, 0.2) is 72.8 Å². The maximum Gasteiger partial charge on any atom is 0.407 e. The molecule has 0 saturated carbocycles. The number of hydrogen-bond donors (Lipinski definition) is 2. The third kappa shape index (κ3) is 17.1. The normalized spacial score (nSPS) is 11.9. The van der Waals surface area contributed by atoms with E-state index < -0.39 is 6.09 Å². The van der Waals surface area contributed by atoms with Crippen LogP contribution in [0.1, 0.15) is 47.2 Å². The van der Waals surface area contributed by atoms with Crippen molar-refractivity contribution >= 4 is 17.7 Å². The molecule has 302 valence electrons. The summed E-state index contributed by atoms with van der Waals surface area (Å²) in [6, 6.07) is 23.8. The third-order valence-corrected chi connectivity index (χ3v) is 8.53. The molecule has 55 heavy (non-hydrogen) atoms. The van der Waals surface area contributed by atoms with Crippen molar-refractivity contribution in [2.45, 2.75) is 25.7 Å². The topological polar surface area (TPSA) is 141 Å². The van der Waals surface area contributed by atoms with Crippen molar-refractivity contribution in [2.75, 3.05) is 124 Å². The number of anilines is 1. The van der Waals surface area contributed by atoms with E-state index in [1.165, 1.54) is 22.3 Å². The summed E-state index contributed by atoms with van der Waals surface area (Å²) in [6.45, 7) is 9.93. The highest BCUT2D eigenvalue weighted by atomic mass is 16.6. The Morgan fingerprint density at radius 1 is 0.527 bits per heavy atom. The van der Waals surface area contributed by atoms with Crippen molar-refractivity contribution in [2.24, 2.45) is 0 Å². The van der Waals surface area contributed by atoms with Crippen molar-refractivity contribution < 1.29 is 52.2 Å². The minimum atomic E-state index is -0.456. The van der Waals surface area contributed by atoms with Gasteiger partial charge in [-0.05, 0) is 52.9 Å².